The van der Waals surface area contributed by atoms with Gasteiger partial charge in [-0.15, -0.1) is 0 Å². The molecule has 1 aromatic heterocycles. The van der Waals surface area contributed by atoms with Crippen LogP contribution in [0.5, 0.6) is 0 Å². The Labute approximate surface area is 134 Å². The summed E-state index contributed by atoms with van der Waals surface area (Å²) in [5, 5.41) is 13.7. The van der Waals surface area contributed by atoms with Crippen molar-refractivity contribution in [2.75, 3.05) is 19.6 Å². The fraction of sp³-hybridized carbons (Fsp3) is 0.667. The predicted molar refractivity (Wildman–Crippen MR) is 83.0 cm³/mol. The van der Waals surface area contributed by atoms with Gasteiger partial charge in [-0.3, -0.25) is 10.1 Å². The summed E-state index contributed by atoms with van der Waals surface area (Å²) in [5.41, 5.74) is -0.485. The van der Waals surface area contributed by atoms with Crippen LogP contribution in [0.3, 0.4) is 0 Å². The molecule has 1 N–H and O–H groups in total. The summed E-state index contributed by atoms with van der Waals surface area (Å²) < 4.78 is 10.4. The summed E-state index contributed by atoms with van der Waals surface area (Å²) in [4.78, 5) is 23.7. The second-order valence-corrected chi connectivity index (χ2v) is 6.71. The lowest BCUT2D eigenvalue weighted by Crippen LogP contribution is -2.36. The van der Waals surface area contributed by atoms with E-state index in [1.165, 1.54) is 6.07 Å². The third-order valence-corrected chi connectivity index (χ3v) is 3.50. The molecule has 1 unspecified atom stereocenters. The third-order valence-electron chi connectivity index (χ3n) is 3.50. The van der Waals surface area contributed by atoms with Crippen LogP contribution in [0, 0.1) is 16.0 Å². The maximum Gasteiger partial charge on any atom is 0.433 e. The van der Waals surface area contributed by atoms with Gasteiger partial charge in [0, 0.05) is 19.6 Å². The van der Waals surface area contributed by atoms with Crippen LogP contribution in [-0.4, -0.2) is 41.2 Å². The highest BCUT2D eigenvalue weighted by atomic mass is 16.6. The van der Waals surface area contributed by atoms with Gasteiger partial charge in [-0.05, 0) is 39.2 Å². The molecule has 0 spiro atoms. The normalized spacial score (nSPS) is 18.2. The molecular weight excluding hydrogens is 302 g/mol. The monoisotopic (exact) mass is 325 g/mol. The molecule has 1 aromatic rings. The van der Waals surface area contributed by atoms with Gasteiger partial charge in [0.2, 0.25) is 0 Å². The van der Waals surface area contributed by atoms with Crippen LogP contribution < -0.4 is 5.32 Å². The fourth-order valence-corrected chi connectivity index (χ4v) is 2.45. The number of ether oxygens (including phenoxy) is 1. The lowest BCUT2D eigenvalue weighted by molar-refractivity contribution is -0.402. The molecule has 1 atom stereocenters. The molecule has 1 aliphatic heterocycles. The van der Waals surface area contributed by atoms with E-state index in [0.29, 0.717) is 37.9 Å². The van der Waals surface area contributed by atoms with Crippen molar-refractivity contribution in [1.82, 2.24) is 10.2 Å². The van der Waals surface area contributed by atoms with Crippen molar-refractivity contribution in [3.8, 4) is 0 Å². The molecule has 2 rings (SSSR count). The summed E-state index contributed by atoms with van der Waals surface area (Å²) in [5.74, 6) is 0.616. The van der Waals surface area contributed by atoms with Gasteiger partial charge in [0.05, 0.1) is 12.6 Å². The second kappa shape index (κ2) is 6.99. The number of amides is 1. The third kappa shape index (κ3) is 5.24. The van der Waals surface area contributed by atoms with Gasteiger partial charge in [-0.2, -0.15) is 0 Å². The summed E-state index contributed by atoms with van der Waals surface area (Å²) >= 11 is 0. The molecule has 0 bridgehead atoms. The lowest BCUT2D eigenvalue weighted by atomic mass is 10.1. The summed E-state index contributed by atoms with van der Waals surface area (Å²) in [6, 6.07) is 2.93. The average Bonchev–Trinajstić information content (AvgIpc) is 3.05. The molecule has 2 heterocycles. The Hall–Kier alpha value is -2.09. The smallest absolute Gasteiger partial charge is 0.433 e. The number of nitrogens with zero attached hydrogens (tertiary/aromatic N) is 2. The molecular formula is C15H23N3O5. The molecule has 8 nitrogen and oxygen atoms in total. The molecule has 0 saturated carbocycles. The minimum atomic E-state index is -0.556. The Morgan fingerprint density at radius 3 is 2.87 bits per heavy atom. The Balaban J connectivity index is 1.71. The Kier molecular flexibility index (Phi) is 5.25. The molecule has 0 aliphatic carbocycles. The molecule has 1 aliphatic rings. The standard InChI is InChI=1S/C15H23N3O5/c1-15(2,3)23-14(19)17-7-6-11(10-17)8-16-9-12-4-5-13(22-12)18(20)21/h4-5,11,16H,6-10H2,1-3H3. The first kappa shape index (κ1) is 17.3. The van der Waals surface area contributed by atoms with E-state index in [0.717, 1.165) is 6.42 Å². The first-order chi connectivity index (χ1) is 10.7. The number of likely N-dealkylation sites (tertiary alicyclic amines) is 1. The van der Waals surface area contributed by atoms with Gasteiger partial charge < -0.3 is 19.4 Å². The molecule has 23 heavy (non-hydrogen) atoms. The number of hydrogen-bond donors (Lipinski definition) is 1. The Morgan fingerprint density at radius 2 is 2.26 bits per heavy atom. The van der Waals surface area contributed by atoms with Crippen LogP contribution in [0.4, 0.5) is 10.7 Å². The highest BCUT2D eigenvalue weighted by Gasteiger charge is 2.29. The number of nitrogens with one attached hydrogen (secondary N) is 1. The van der Waals surface area contributed by atoms with Crippen molar-refractivity contribution in [2.24, 2.45) is 5.92 Å². The molecule has 8 heteroatoms. The van der Waals surface area contributed by atoms with Crippen molar-refractivity contribution in [3.05, 3.63) is 28.0 Å². The average molecular weight is 325 g/mol. The highest BCUT2D eigenvalue weighted by molar-refractivity contribution is 5.68. The largest absolute Gasteiger partial charge is 0.444 e. The van der Waals surface area contributed by atoms with Crippen LogP contribution in [0.15, 0.2) is 16.5 Å². The first-order valence-electron chi connectivity index (χ1n) is 7.66. The van der Waals surface area contributed by atoms with E-state index in [1.54, 1.807) is 11.0 Å². The van der Waals surface area contributed by atoms with Crippen LogP contribution in [-0.2, 0) is 11.3 Å². The molecule has 128 valence electrons. The molecule has 1 amide bonds. The van der Waals surface area contributed by atoms with Crippen molar-refractivity contribution >= 4 is 12.0 Å². The van der Waals surface area contributed by atoms with Gasteiger partial charge in [0.1, 0.15) is 16.3 Å². The highest BCUT2D eigenvalue weighted by Crippen LogP contribution is 2.19. The van der Waals surface area contributed by atoms with Gasteiger partial charge in [0.25, 0.3) is 0 Å². The summed E-state index contributed by atoms with van der Waals surface area (Å²) in [6.07, 6.45) is 0.631. The Morgan fingerprint density at radius 1 is 1.52 bits per heavy atom. The van der Waals surface area contributed by atoms with Gasteiger partial charge in [0.15, 0.2) is 0 Å². The van der Waals surface area contributed by atoms with E-state index < -0.39 is 10.5 Å². The van der Waals surface area contributed by atoms with Crippen LogP contribution in [0.25, 0.3) is 0 Å². The minimum absolute atomic E-state index is 0.251. The summed E-state index contributed by atoms with van der Waals surface area (Å²) in [7, 11) is 0. The quantitative estimate of drug-likeness (QED) is 0.660. The van der Waals surface area contributed by atoms with E-state index in [4.69, 9.17) is 9.15 Å². The molecule has 0 aromatic carbocycles. The van der Waals surface area contributed by atoms with Crippen molar-refractivity contribution in [3.63, 3.8) is 0 Å². The van der Waals surface area contributed by atoms with E-state index in [2.05, 4.69) is 5.32 Å². The van der Waals surface area contributed by atoms with Crippen LogP contribution in [0.2, 0.25) is 0 Å². The molecule has 1 saturated heterocycles. The minimum Gasteiger partial charge on any atom is -0.444 e. The first-order valence-corrected chi connectivity index (χ1v) is 7.66. The number of nitro groups is 1. The zero-order valence-corrected chi connectivity index (χ0v) is 13.7. The lowest BCUT2D eigenvalue weighted by Gasteiger charge is -2.24. The number of rotatable bonds is 5. The number of carbonyl (C=O) groups is 1. The fourth-order valence-electron chi connectivity index (χ4n) is 2.45. The maximum absolute atomic E-state index is 12.0. The molecule has 0 radical (unpaired) electrons. The predicted octanol–water partition coefficient (Wildman–Crippen LogP) is 2.53. The van der Waals surface area contributed by atoms with Crippen molar-refractivity contribution in [1.29, 1.82) is 0 Å². The van der Waals surface area contributed by atoms with E-state index in [9.17, 15) is 14.9 Å². The van der Waals surface area contributed by atoms with Crippen molar-refractivity contribution < 1.29 is 18.9 Å². The number of carbonyl (C=O) groups excluding carboxylic acids is 1. The van der Waals surface area contributed by atoms with Gasteiger partial charge in [-0.1, -0.05) is 0 Å². The topological polar surface area (TPSA) is 97.8 Å². The van der Waals surface area contributed by atoms with E-state index >= 15 is 0 Å². The van der Waals surface area contributed by atoms with E-state index in [-0.39, 0.29) is 12.0 Å². The van der Waals surface area contributed by atoms with E-state index in [1.807, 2.05) is 20.8 Å². The Bertz CT molecular complexity index is 564. The number of hydrogen-bond acceptors (Lipinski definition) is 6. The second-order valence-electron chi connectivity index (χ2n) is 6.71. The van der Waals surface area contributed by atoms with Crippen LogP contribution in [0.1, 0.15) is 33.0 Å². The summed E-state index contributed by atoms with van der Waals surface area (Å²) in [6.45, 7) is 8.03. The SMILES string of the molecule is CC(C)(C)OC(=O)N1CCC(CNCc2ccc([N+](=O)[O-])o2)C1. The van der Waals surface area contributed by atoms with Crippen LogP contribution >= 0.6 is 0 Å². The zero-order valence-electron chi connectivity index (χ0n) is 13.7. The zero-order chi connectivity index (χ0) is 17.0. The number of furan rings is 1. The van der Waals surface area contributed by atoms with Crippen molar-refractivity contribution in [2.45, 2.75) is 39.3 Å². The van der Waals surface area contributed by atoms with Gasteiger partial charge >= 0.3 is 12.0 Å². The maximum atomic E-state index is 12.0. The molecule has 1 fully saturated rings. The van der Waals surface area contributed by atoms with Gasteiger partial charge in [-0.25, -0.2) is 4.79 Å².